The summed E-state index contributed by atoms with van der Waals surface area (Å²) >= 11 is 1.26. The van der Waals surface area contributed by atoms with Crippen molar-refractivity contribution in [3.8, 4) is 21.1 Å². The minimum absolute atomic E-state index is 0.170. The lowest BCUT2D eigenvalue weighted by atomic mass is 10.1. The van der Waals surface area contributed by atoms with E-state index in [0.29, 0.717) is 27.0 Å². The summed E-state index contributed by atoms with van der Waals surface area (Å²) in [5, 5.41) is 9.63. The predicted octanol–water partition coefficient (Wildman–Crippen LogP) is 3.01. The maximum atomic E-state index is 13.2. The summed E-state index contributed by atoms with van der Waals surface area (Å²) in [6.45, 7) is 1.72. The molecule has 2 aromatic heterocycles. The molecule has 3 rings (SSSR count). The van der Waals surface area contributed by atoms with Gasteiger partial charge in [-0.1, -0.05) is 12.1 Å². The molecule has 0 aliphatic heterocycles. The van der Waals surface area contributed by atoms with Gasteiger partial charge in [-0.15, -0.1) is 11.3 Å². The number of halogens is 1. The number of aromatic nitrogens is 3. The third kappa shape index (κ3) is 3.19. The maximum absolute atomic E-state index is 13.2. The second-order valence-corrected chi connectivity index (χ2v) is 5.82. The number of rotatable bonds is 5. The van der Waals surface area contributed by atoms with Crippen molar-refractivity contribution >= 4 is 17.3 Å². The van der Waals surface area contributed by atoms with Gasteiger partial charge in [-0.25, -0.2) is 19.2 Å². The first-order valence-corrected chi connectivity index (χ1v) is 8.03. The molecule has 1 aromatic carbocycles. The third-order valence-corrected chi connectivity index (χ3v) is 4.35. The van der Waals surface area contributed by atoms with Gasteiger partial charge in [0.2, 0.25) is 0 Å². The molecule has 0 unspecified atom stereocenters. The average molecular weight is 347 g/mol. The minimum atomic E-state index is -0.541. The van der Waals surface area contributed by atoms with Gasteiger partial charge in [0.15, 0.2) is 5.69 Å². The topological polar surface area (TPSA) is 88.1 Å². The number of H-pyrrole nitrogens is 1. The molecule has 0 radical (unpaired) electrons. The van der Waals surface area contributed by atoms with Crippen LogP contribution in [0.3, 0.4) is 0 Å². The molecule has 124 valence electrons. The number of imidazole rings is 1. The number of benzene rings is 1. The smallest absolute Gasteiger partial charge is 0.358 e. The van der Waals surface area contributed by atoms with Gasteiger partial charge in [0.05, 0.1) is 23.4 Å². The van der Waals surface area contributed by atoms with Gasteiger partial charge in [-0.3, -0.25) is 0 Å². The Morgan fingerprint density at radius 1 is 1.38 bits per heavy atom. The highest BCUT2D eigenvalue weighted by Crippen LogP contribution is 2.35. The number of aliphatic hydroxyl groups is 1. The van der Waals surface area contributed by atoms with E-state index in [4.69, 9.17) is 9.84 Å². The molecule has 0 aliphatic carbocycles. The Kier molecular flexibility index (Phi) is 4.68. The second-order valence-electron chi connectivity index (χ2n) is 4.83. The van der Waals surface area contributed by atoms with Crippen molar-refractivity contribution in [2.75, 3.05) is 6.61 Å². The summed E-state index contributed by atoms with van der Waals surface area (Å²) in [5.41, 5.74) is 1.43. The Morgan fingerprint density at radius 2 is 2.12 bits per heavy atom. The van der Waals surface area contributed by atoms with Crippen molar-refractivity contribution in [1.82, 2.24) is 15.0 Å². The van der Waals surface area contributed by atoms with Crippen LogP contribution in [0.1, 0.15) is 23.2 Å². The number of nitrogens with zero attached hydrogens (tertiary/aromatic N) is 2. The fourth-order valence-corrected chi connectivity index (χ4v) is 3.15. The van der Waals surface area contributed by atoms with Crippen molar-refractivity contribution in [3.05, 3.63) is 47.8 Å². The molecule has 2 N–H and O–H groups in total. The lowest BCUT2D eigenvalue weighted by Gasteiger charge is -2.02. The number of carbonyl (C=O) groups excluding carboxylic acids is 1. The van der Waals surface area contributed by atoms with Gasteiger partial charge < -0.3 is 14.8 Å². The highest BCUT2D eigenvalue weighted by Gasteiger charge is 2.22. The minimum Gasteiger partial charge on any atom is -0.461 e. The van der Waals surface area contributed by atoms with E-state index < -0.39 is 5.97 Å². The maximum Gasteiger partial charge on any atom is 0.358 e. The molecule has 8 heteroatoms. The number of hydrogen-bond donors (Lipinski definition) is 2. The largest absolute Gasteiger partial charge is 0.461 e. The van der Waals surface area contributed by atoms with Crippen LogP contribution in [0.4, 0.5) is 4.39 Å². The van der Waals surface area contributed by atoms with E-state index in [1.165, 1.54) is 29.7 Å². The van der Waals surface area contributed by atoms with Gasteiger partial charge >= 0.3 is 5.97 Å². The molecule has 0 amide bonds. The van der Waals surface area contributed by atoms with E-state index in [2.05, 4.69) is 15.0 Å². The first-order valence-electron chi connectivity index (χ1n) is 7.21. The van der Waals surface area contributed by atoms with Crippen LogP contribution < -0.4 is 0 Å². The van der Waals surface area contributed by atoms with Crippen molar-refractivity contribution in [2.24, 2.45) is 0 Å². The standard InChI is InChI=1S/C16H14FN3O3S/c1-2-23-16(22)13-14(9-3-5-10(17)6-4-9)24-15(20-13)11-7-18-12(8-21)19-11/h3-7,21H,2,8H2,1H3,(H,18,19). The summed E-state index contributed by atoms with van der Waals surface area (Å²) in [6.07, 6.45) is 1.54. The van der Waals surface area contributed by atoms with E-state index in [9.17, 15) is 9.18 Å². The monoisotopic (exact) mass is 347 g/mol. The van der Waals surface area contributed by atoms with Gasteiger partial charge in [-0.05, 0) is 24.6 Å². The number of thiazole rings is 1. The molecule has 24 heavy (non-hydrogen) atoms. The number of carbonyl (C=O) groups is 1. The highest BCUT2D eigenvalue weighted by molar-refractivity contribution is 7.18. The third-order valence-electron chi connectivity index (χ3n) is 3.21. The van der Waals surface area contributed by atoms with E-state index in [1.54, 1.807) is 19.1 Å². The first kappa shape index (κ1) is 16.3. The number of aliphatic hydroxyl groups excluding tert-OH is 1. The highest BCUT2D eigenvalue weighted by atomic mass is 32.1. The van der Waals surface area contributed by atoms with Crippen LogP contribution in [0.25, 0.3) is 21.1 Å². The van der Waals surface area contributed by atoms with Crippen molar-refractivity contribution < 1.29 is 19.0 Å². The summed E-state index contributed by atoms with van der Waals surface area (Å²) in [5.74, 6) is -0.496. The van der Waals surface area contributed by atoms with Gasteiger partial charge in [-0.2, -0.15) is 0 Å². The Balaban J connectivity index is 2.08. The molecule has 0 spiro atoms. The quantitative estimate of drug-likeness (QED) is 0.693. The predicted molar refractivity (Wildman–Crippen MR) is 87.0 cm³/mol. The lowest BCUT2D eigenvalue weighted by molar-refractivity contribution is 0.0521. The van der Waals surface area contributed by atoms with Crippen LogP contribution in [0, 0.1) is 5.82 Å². The summed E-state index contributed by atoms with van der Waals surface area (Å²) in [7, 11) is 0. The zero-order valence-electron chi connectivity index (χ0n) is 12.7. The molecule has 2 heterocycles. The molecule has 0 atom stereocenters. The molecular formula is C16H14FN3O3S. The van der Waals surface area contributed by atoms with E-state index in [1.807, 2.05) is 0 Å². The van der Waals surface area contributed by atoms with Crippen LogP contribution in [0.2, 0.25) is 0 Å². The summed E-state index contributed by atoms with van der Waals surface area (Å²) < 4.78 is 18.2. The number of hydrogen-bond acceptors (Lipinski definition) is 6. The molecule has 0 saturated heterocycles. The fraction of sp³-hybridized carbons (Fsp3) is 0.188. The zero-order valence-corrected chi connectivity index (χ0v) is 13.6. The molecule has 6 nitrogen and oxygen atoms in total. The molecular weight excluding hydrogens is 333 g/mol. The van der Waals surface area contributed by atoms with Crippen molar-refractivity contribution in [1.29, 1.82) is 0 Å². The van der Waals surface area contributed by atoms with E-state index >= 15 is 0 Å². The number of nitrogens with one attached hydrogen (secondary N) is 1. The van der Waals surface area contributed by atoms with E-state index in [-0.39, 0.29) is 24.7 Å². The molecule has 0 bridgehead atoms. The fourth-order valence-electron chi connectivity index (χ4n) is 2.12. The second kappa shape index (κ2) is 6.90. The normalized spacial score (nSPS) is 10.8. The Hall–Kier alpha value is -2.58. The summed E-state index contributed by atoms with van der Waals surface area (Å²) in [4.78, 5) is 24.1. The SMILES string of the molecule is CCOC(=O)c1nc(-c2cnc(CO)[nH]2)sc1-c1ccc(F)cc1. The van der Waals surface area contributed by atoms with Crippen LogP contribution >= 0.6 is 11.3 Å². The molecule has 0 fully saturated rings. The van der Waals surface area contributed by atoms with Gasteiger partial charge in [0.1, 0.15) is 23.3 Å². The Bertz CT molecular complexity index is 858. The number of ether oxygens (including phenoxy) is 1. The van der Waals surface area contributed by atoms with Gasteiger partial charge in [0, 0.05) is 0 Å². The Labute approximate surface area is 141 Å². The van der Waals surface area contributed by atoms with Crippen LogP contribution in [0.5, 0.6) is 0 Å². The zero-order chi connectivity index (χ0) is 17.1. The van der Waals surface area contributed by atoms with Crippen LogP contribution in [-0.4, -0.2) is 32.6 Å². The van der Waals surface area contributed by atoms with Crippen molar-refractivity contribution in [2.45, 2.75) is 13.5 Å². The van der Waals surface area contributed by atoms with Crippen LogP contribution in [0.15, 0.2) is 30.5 Å². The Morgan fingerprint density at radius 3 is 2.75 bits per heavy atom. The number of aromatic amines is 1. The van der Waals surface area contributed by atoms with Crippen LogP contribution in [-0.2, 0) is 11.3 Å². The molecule has 0 saturated carbocycles. The molecule has 3 aromatic rings. The lowest BCUT2D eigenvalue weighted by Crippen LogP contribution is -2.06. The van der Waals surface area contributed by atoms with Gasteiger partial charge in [0.25, 0.3) is 0 Å². The first-order chi connectivity index (χ1) is 11.6. The van der Waals surface area contributed by atoms with E-state index in [0.717, 1.165) is 0 Å². The average Bonchev–Trinajstić information content (AvgIpc) is 3.22. The summed E-state index contributed by atoms with van der Waals surface area (Å²) in [6, 6.07) is 5.82. The number of esters is 1. The van der Waals surface area contributed by atoms with Crippen molar-refractivity contribution in [3.63, 3.8) is 0 Å². The molecule has 0 aliphatic rings.